The third-order valence-corrected chi connectivity index (χ3v) is 6.48. The molecule has 0 spiro atoms. The van der Waals surface area contributed by atoms with Gasteiger partial charge in [-0.1, -0.05) is 62.2 Å². The summed E-state index contributed by atoms with van der Waals surface area (Å²) < 4.78 is 1.82. The van der Waals surface area contributed by atoms with Gasteiger partial charge in [-0.3, -0.25) is 14.4 Å². The van der Waals surface area contributed by atoms with Crippen molar-refractivity contribution in [1.29, 1.82) is 0 Å². The minimum absolute atomic E-state index is 0.251. The third kappa shape index (κ3) is 3.17. The largest absolute Gasteiger partial charge is 0.273 e. The van der Waals surface area contributed by atoms with Crippen molar-refractivity contribution < 1.29 is 14.4 Å². The molecule has 30 heavy (non-hydrogen) atoms. The molecule has 2 fully saturated rings. The van der Waals surface area contributed by atoms with Crippen LogP contribution in [0, 0.1) is 5.92 Å². The van der Waals surface area contributed by atoms with Crippen molar-refractivity contribution in [2.45, 2.75) is 12.1 Å². The molecule has 3 aromatic rings. The number of nitrogens with zero attached hydrogens (tertiary/aromatic N) is 2. The lowest BCUT2D eigenvalue weighted by molar-refractivity contribution is -0.126. The fraction of sp³-hybridized carbons (Fsp3) is 0.130. The number of fused-ring (bicyclic) bond motifs is 1. The molecule has 0 unspecified atom stereocenters. The molecule has 0 saturated carbocycles. The zero-order valence-corrected chi connectivity index (χ0v) is 18.8. The molecule has 2 aliphatic rings. The van der Waals surface area contributed by atoms with Crippen LogP contribution < -0.4 is 9.96 Å². The Morgan fingerprint density at radius 3 is 1.93 bits per heavy atom. The van der Waals surface area contributed by atoms with E-state index in [9.17, 15) is 9.59 Å². The van der Waals surface area contributed by atoms with E-state index in [1.165, 1.54) is 4.90 Å². The van der Waals surface area contributed by atoms with Gasteiger partial charge < -0.3 is 0 Å². The van der Waals surface area contributed by atoms with Gasteiger partial charge in [-0.15, -0.1) is 0 Å². The van der Waals surface area contributed by atoms with Crippen molar-refractivity contribution in [2.24, 2.45) is 5.92 Å². The maximum atomic E-state index is 13.5. The molecule has 2 heterocycles. The number of hydrogen-bond donors (Lipinski definition) is 0. The smallest absolute Gasteiger partial charge is 0.266 e. The number of rotatable bonds is 3. The van der Waals surface area contributed by atoms with E-state index in [1.807, 2.05) is 66.7 Å². The number of benzene rings is 3. The number of imide groups is 1. The van der Waals surface area contributed by atoms with Crippen LogP contribution in [0.1, 0.15) is 11.6 Å². The first-order valence-corrected chi connectivity index (χ1v) is 11.0. The Hall–Kier alpha value is -2.48. The number of halogens is 2. The zero-order valence-electron chi connectivity index (χ0n) is 15.6. The Labute approximate surface area is 190 Å². The SMILES string of the molecule is O=C1[C@H]2[C@@H](ON(c3ccccc3)[C@H]2c2ccc(Br)cc2)C(=O)N1c1ccc(Br)cc1. The summed E-state index contributed by atoms with van der Waals surface area (Å²) in [6, 6.07) is 24.0. The van der Waals surface area contributed by atoms with E-state index < -0.39 is 18.1 Å². The minimum Gasteiger partial charge on any atom is -0.273 e. The van der Waals surface area contributed by atoms with Crippen molar-refractivity contribution in [3.8, 4) is 0 Å². The lowest BCUT2D eigenvalue weighted by Gasteiger charge is -2.28. The monoisotopic (exact) mass is 526 g/mol. The highest BCUT2D eigenvalue weighted by Gasteiger charge is 2.60. The van der Waals surface area contributed by atoms with Crippen LogP contribution in [0.4, 0.5) is 11.4 Å². The van der Waals surface area contributed by atoms with E-state index in [1.54, 1.807) is 17.2 Å². The second-order valence-electron chi connectivity index (χ2n) is 7.20. The van der Waals surface area contributed by atoms with Gasteiger partial charge in [0.05, 0.1) is 17.4 Å². The van der Waals surface area contributed by atoms with Gasteiger partial charge in [0, 0.05) is 8.95 Å². The van der Waals surface area contributed by atoms with Crippen molar-refractivity contribution in [3.63, 3.8) is 0 Å². The van der Waals surface area contributed by atoms with Gasteiger partial charge in [0.25, 0.3) is 5.91 Å². The molecule has 0 N–H and O–H groups in total. The van der Waals surface area contributed by atoms with E-state index in [0.717, 1.165) is 20.2 Å². The molecular weight excluding hydrogens is 512 g/mol. The zero-order chi connectivity index (χ0) is 20.8. The Bertz CT molecular complexity index is 1100. The maximum absolute atomic E-state index is 13.5. The van der Waals surface area contributed by atoms with Gasteiger partial charge in [-0.05, 0) is 54.1 Å². The van der Waals surface area contributed by atoms with Gasteiger partial charge in [-0.2, -0.15) is 0 Å². The second-order valence-corrected chi connectivity index (χ2v) is 9.03. The number of hydrogen-bond acceptors (Lipinski definition) is 4. The number of carbonyl (C=O) groups excluding carboxylic acids is 2. The molecular formula is C23H16Br2N2O3. The summed E-state index contributed by atoms with van der Waals surface area (Å²) in [5.74, 6) is -1.23. The van der Waals surface area contributed by atoms with E-state index in [0.29, 0.717) is 5.69 Å². The lowest BCUT2D eigenvalue weighted by atomic mass is 9.90. The van der Waals surface area contributed by atoms with Crippen molar-refractivity contribution in [3.05, 3.63) is 93.4 Å². The maximum Gasteiger partial charge on any atom is 0.266 e. The topological polar surface area (TPSA) is 49.9 Å². The number of amides is 2. The van der Waals surface area contributed by atoms with Crippen molar-refractivity contribution in [1.82, 2.24) is 0 Å². The van der Waals surface area contributed by atoms with Crippen LogP contribution in [0.5, 0.6) is 0 Å². The number of carbonyl (C=O) groups is 2. The Balaban J connectivity index is 1.58. The normalized spacial score (nSPS) is 23.2. The summed E-state index contributed by atoms with van der Waals surface area (Å²) in [5.41, 5.74) is 2.26. The molecule has 0 aliphatic carbocycles. The van der Waals surface area contributed by atoms with Gasteiger partial charge in [0.2, 0.25) is 5.91 Å². The van der Waals surface area contributed by atoms with Gasteiger partial charge in [0.1, 0.15) is 5.92 Å². The summed E-state index contributed by atoms with van der Waals surface area (Å²) in [6.45, 7) is 0. The van der Waals surface area contributed by atoms with Crippen LogP contribution in [-0.4, -0.2) is 17.9 Å². The molecule has 2 aliphatic heterocycles. The predicted molar refractivity (Wildman–Crippen MR) is 121 cm³/mol. The highest BCUT2D eigenvalue weighted by molar-refractivity contribution is 9.10. The molecule has 3 atom stereocenters. The number of para-hydroxylation sites is 1. The minimum atomic E-state index is -0.866. The standard InChI is InChI=1S/C23H16Br2N2O3/c24-15-8-6-14(7-9-15)20-19-21(30-27(20)18-4-2-1-3-5-18)23(29)26(22(19)28)17-12-10-16(25)11-13-17/h1-13,19-21H/t19-,20+,21-/m1/s1. The van der Waals surface area contributed by atoms with Crippen LogP contribution in [0.3, 0.4) is 0 Å². The summed E-state index contributed by atoms with van der Waals surface area (Å²) >= 11 is 6.85. The first-order chi connectivity index (χ1) is 14.5. The quantitative estimate of drug-likeness (QED) is 0.436. The van der Waals surface area contributed by atoms with Crippen LogP contribution in [-0.2, 0) is 14.4 Å². The van der Waals surface area contributed by atoms with Crippen LogP contribution >= 0.6 is 31.9 Å². The molecule has 2 saturated heterocycles. The molecule has 0 radical (unpaired) electrons. The van der Waals surface area contributed by atoms with Crippen LogP contribution in [0.25, 0.3) is 0 Å². The molecule has 2 amide bonds. The number of anilines is 2. The average molecular weight is 528 g/mol. The van der Waals surface area contributed by atoms with E-state index in [2.05, 4.69) is 31.9 Å². The summed E-state index contributed by atoms with van der Waals surface area (Å²) in [6.07, 6.45) is -0.866. The molecule has 150 valence electrons. The van der Waals surface area contributed by atoms with Crippen LogP contribution in [0.2, 0.25) is 0 Å². The van der Waals surface area contributed by atoms with Crippen molar-refractivity contribution in [2.75, 3.05) is 9.96 Å². The first-order valence-electron chi connectivity index (χ1n) is 9.44. The fourth-order valence-corrected chi connectivity index (χ4v) is 4.59. The Morgan fingerprint density at radius 2 is 1.30 bits per heavy atom. The molecule has 3 aromatic carbocycles. The average Bonchev–Trinajstić information content (AvgIpc) is 3.27. The van der Waals surface area contributed by atoms with E-state index in [4.69, 9.17) is 4.84 Å². The predicted octanol–water partition coefficient (Wildman–Crippen LogP) is 5.26. The van der Waals surface area contributed by atoms with E-state index in [-0.39, 0.29) is 11.8 Å². The van der Waals surface area contributed by atoms with E-state index >= 15 is 0 Å². The summed E-state index contributed by atoms with van der Waals surface area (Å²) in [7, 11) is 0. The summed E-state index contributed by atoms with van der Waals surface area (Å²) in [5, 5.41) is 1.70. The van der Waals surface area contributed by atoms with Crippen molar-refractivity contribution >= 4 is 55.0 Å². The molecule has 5 rings (SSSR count). The van der Waals surface area contributed by atoms with Gasteiger partial charge in [-0.25, -0.2) is 9.96 Å². The Kier molecular flexibility index (Phi) is 4.97. The molecule has 7 heteroatoms. The highest BCUT2D eigenvalue weighted by atomic mass is 79.9. The second kappa shape index (κ2) is 7.65. The lowest BCUT2D eigenvalue weighted by Crippen LogP contribution is -2.37. The summed E-state index contributed by atoms with van der Waals surface area (Å²) in [4.78, 5) is 34.1. The molecule has 5 nitrogen and oxygen atoms in total. The molecule has 0 bridgehead atoms. The van der Waals surface area contributed by atoms with Gasteiger partial charge in [0.15, 0.2) is 6.10 Å². The highest BCUT2D eigenvalue weighted by Crippen LogP contribution is 2.47. The third-order valence-electron chi connectivity index (χ3n) is 5.42. The fourth-order valence-electron chi connectivity index (χ4n) is 4.06. The first kappa shape index (κ1) is 19.5. The van der Waals surface area contributed by atoms with Gasteiger partial charge >= 0.3 is 0 Å². The Morgan fingerprint density at radius 1 is 0.700 bits per heavy atom. The van der Waals surface area contributed by atoms with Crippen LogP contribution in [0.15, 0.2) is 87.8 Å². The molecule has 0 aromatic heterocycles. The number of hydroxylamine groups is 1.